The zero-order valence-corrected chi connectivity index (χ0v) is 10.4. The number of carbonyl (C=O) groups is 2. The van der Waals surface area contributed by atoms with Crippen molar-refractivity contribution in [3.63, 3.8) is 0 Å². The van der Waals surface area contributed by atoms with Crippen LogP contribution in [-0.2, 0) is 4.79 Å². The van der Waals surface area contributed by atoms with Gasteiger partial charge in [0.1, 0.15) is 0 Å². The lowest BCUT2D eigenvalue weighted by molar-refractivity contribution is -0.128. The topological polar surface area (TPSA) is 95.7 Å². The Bertz CT molecular complexity index is 458. The maximum absolute atomic E-state index is 11.4. The maximum Gasteiger partial charge on any atom is 0.337 e. The molecule has 1 rings (SSSR count). The number of nitrogen functional groups attached to an aromatic ring is 1. The van der Waals surface area contributed by atoms with E-state index in [9.17, 15) is 9.59 Å². The number of benzene rings is 1. The zero-order chi connectivity index (χ0) is 13.7. The summed E-state index contributed by atoms with van der Waals surface area (Å²) in [7, 11) is 3.35. The van der Waals surface area contributed by atoms with Gasteiger partial charge < -0.3 is 21.1 Å². The highest BCUT2D eigenvalue weighted by Gasteiger charge is 2.10. The molecule has 1 aromatic carbocycles. The van der Waals surface area contributed by atoms with Crippen molar-refractivity contribution in [2.45, 2.75) is 6.42 Å². The van der Waals surface area contributed by atoms with Crippen molar-refractivity contribution >= 4 is 23.3 Å². The summed E-state index contributed by atoms with van der Waals surface area (Å²) in [5.74, 6) is -1.07. The average molecular weight is 251 g/mol. The van der Waals surface area contributed by atoms with E-state index in [1.807, 2.05) is 0 Å². The van der Waals surface area contributed by atoms with Gasteiger partial charge in [0.15, 0.2) is 0 Å². The number of hydrogen-bond acceptors (Lipinski definition) is 4. The van der Waals surface area contributed by atoms with E-state index in [1.54, 1.807) is 26.2 Å². The van der Waals surface area contributed by atoms with Crippen molar-refractivity contribution in [2.24, 2.45) is 0 Å². The molecule has 1 amide bonds. The molecule has 0 aliphatic rings. The van der Waals surface area contributed by atoms with Crippen LogP contribution in [0, 0.1) is 0 Å². The molecule has 0 bridgehead atoms. The van der Waals surface area contributed by atoms with Crippen LogP contribution in [-0.4, -0.2) is 42.5 Å². The number of nitrogens with one attached hydrogen (secondary N) is 1. The van der Waals surface area contributed by atoms with E-state index in [-0.39, 0.29) is 11.5 Å². The van der Waals surface area contributed by atoms with Crippen LogP contribution in [0.1, 0.15) is 16.8 Å². The van der Waals surface area contributed by atoms with Gasteiger partial charge in [-0.05, 0) is 18.2 Å². The highest BCUT2D eigenvalue weighted by molar-refractivity contribution is 5.95. The first kappa shape index (κ1) is 13.8. The van der Waals surface area contributed by atoms with E-state index in [2.05, 4.69) is 5.32 Å². The number of aromatic carboxylic acids is 1. The second kappa shape index (κ2) is 5.90. The minimum Gasteiger partial charge on any atom is -0.478 e. The number of rotatable bonds is 5. The van der Waals surface area contributed by atoms with Gasteiger partial charge >= 0.3 is 5.97 Å². The van der Waals surface area contributed by atoms with E-state index in [4.69, 9.17) is 10.8 Å². The Morgan fingerprint density at radius 1 is 1.39 bits per heavy atom. The second-order valence-electron chi connectivity index (χ2n) is 4.08. The number of anilines is 2. The molecule has 6 nitrogen and oxygen atoms in total. The summed E-state index contributed by atoms with van der Waals surface area (Å²) >= 11 is 0. The van der Waals surface area contributed by atoms with Gasteiger partial charge in [0.25, 0.3) is 0 Å². The van der Waals surface area contributed by atoms with Crippen molar-refractivity contribution in [2.75, 3.05) is 31.7 Å². The molecule has 0 aromatic heterocycles. The normalized spacial score (nSPS) is 9.89. The fraction of sp³-hybridized carbons (Fsp3) is 0.333. The number of carboxylic acids is 1. The third kappa shape index (κ3) is 3.65. The van der Waals surface area contributed by atoms with Crippen LogP contribution in [0.25, 0.3) is 0 Å². The molecule has 0 saturated heterocycles. The van der Waals surface area contributed by atoms with Crippen molar-refractivity contribution < 1.29 is 14.7 Å². The molecule has 18 heavy (non-hydrogen) atoms. The molecule has 4 N–H and O–H groups in total. The van der Waals surface area contributed by atoms with E-state index >= 15 is 0 Å². The number of amides is 1. The van der Waals surface area contributed by atoms with Crippen LogP contribution >= 0.6 is 0 Å². The van der Waals surface area contributed by atoms with Gasteiger partial charge in [-0.2, -0.15) is 0 Å². The first-order valence-electron chi connectivity index (χ1n) is 5.48. The number of nitrogens with zero attached hydrogens (tertiary/aromatic N) is 1. The molecule has 0 radical (unpaired) electrons. The third-order valence-electron chi connectivity index (χ3n) is 2.43. The molecular formula is C12H17N3O3. The Kier molecular flexibility index (Phi) is 4.53. The highest BCUT2D eigenvalue weighted by atomic mass is 16.4. The molecule has 0 spiro atoms. The first-order valence-corrected chi connectivity index (χ1v) is 5.48. The standard InChI is InChI=1S/C12H17N3O3/c1-15(2)11(16)5-6-14-10-4-3-8(13)7-9(10)12(17)18/h3-4,7,14H,5-6,13H2,1-2H3,(H,17,18). The Morgan fingerprint density at radius 3 is 2.61 bits per heavy atom. The molecule has 0 atom stereocenters. The molecule has 0 saturated carbocycles. The fourth-order valence-corrected chi connectivity index (χ4v) is 1.42. The minimum absolute atomic E-state index is 0.0187. The maximum atomic E-state index is 11.4. The Hall–Kier alpha value is -2.24. The van der Waals surface area contributed by atoms with Crippen LogP contribution < -0.4 is 11.1 Å². The molecule has 0 aliphatic carbocycles. The van der Waals surface area contributed by atoms with Crippen LogP contribution in [0.3, 0.4) is 0 Å². The van der Waals surface area contributed by atoms with Gasteiger partial charge in [-0.1, -0.05) is 0 Å². The zero-order valence-electron chi connectivity index (χ0n) is 10.4. The SMILES string of the molecule is CN(C)C(=O)CCNc1ccc(N)cc1C(=O)O. The largest absolute Gasteiger partial charge is 0.478 e. The lowest BCUT2D eigenvalue weighted by Crippen LogP contribution is -2.24. The summed E-state index contributed by atoms with van der Waals surface area (Å²) in [5, 5.41) is 11.9. The van der Waals surface area contributed by atoms with Crippen LogP contribution in [0.5, 0.6) is 0 Å². The molecule has 98 valence electrons. The molecule has 0 unspecified atom stereocenters. The molecular weight excluding hydrogens is 234 g/mol. The highest BCUT2D eigenvalue weighted by Crippen LogP contribution is 2.18. The summed E-state index contributed by atoms with van der Waals surface area (Å²) in [6, 6.07) is 4.60. The summed E-state index contributed by atoms with van der Waals surface area (Å²) in [5.41, 5.74) is 6.49. The molecule has 0 fully saturated rings. The predicted octanol–water partition coefficient (Wildman–Crippen LogP) is 0.857. The summed E-state index contributed by atoms with van der Waals surface area (Å²) in [6.07, 6.45) is 0.302. The predicted molar refractivity (Wildman–Crippen MR) is 69.6 cm³/mol. The Balaban J connectivity index is 2.68. The summed E-state index contributed by atoms with van der Waals surface area (Å²) in [6.45, 7) is 0.376. The molecule has 1 aromatic rings. The number of hydrogen-bond donors (Lipinski definition) is 3. The third-order valence-corrected chi connectivity index (χ3v) is 2.43. The van der Waals surface area contributed by atoms with Gasteiger partial charge in [-0.25, -0.2) is 4.79 Å². The van der Waals surface area contributed by atoms with Crippen LogP contribution in [0.2, 0.25) is 0 Å². The summed E-state index contributed by atoms with van der Waals surface area (Å²) < 4.78 is 0. The average Bonchev–Trinajstić information content (AvgIpc) is 2.30. The van der Waals surface area contributed by atoms with Gasteiger partial charge in [-0.3, -0.25) is 4.79 Å². The lowest BCUT2D eigenvalue weighted by atomic mass is 10.1. The van der Waals surface area contributed by atoms with E-state index in [0.29, 0.717) is 24.3 Å². The quantitative estimate of drug-likeness (QED) is 0.674. The number of carbonyl (C=O) groups excluding carboxylic acids is 1. The van der Waals surface area contributed by atoms with Crippen molar-refractivity contribution in [1.82, 2.24) is 4.90 Å². The van der Waals surface area contributed by atoms with E-state index in [1.165, 1.54) is 11.0 Å². The van der Waals surface area contributed by atoms with Crippen molar-refractivity contribution in [3.8, 4) is 0 Å². The van der Waals surface area contributed by atoms with Crippen LogP contribution in [0.4, 0.5) is 11.4 Å². The fourth-order valence-electron chi connectivity index (χ4n) is 1.42. The van der Waals surface area contributed by atoms with Crippen molar-refractivity contribution in [3.05, 3.63) is 23.8 Å². The monoisotopic (exact) mass is 251 g/mol. The smallest absolute Gasteiger partial charge is 0.337 e. The minimum atomic E-state index is -1.05. The first-order chi connectivity index (χ1) is 8.41. The molecule has 6 heteroatoms. The van der Waals surface area contributed by atoms with Gasteiger partial charge in [-0.15, -0.1) is 0 Å². The van der Waals surface area contributed by atoms with Gasteiger partial charge in [0.05, 0.1) is 5.56 Å². The molecule has 0 heterocycles. The lowest BCUT2D eigenvalue weighted by Gasteiger charge is -2.12. The van der Waals surface area contributed by atoms with E-state index < -0.39 is 5.97 Å². The summed E-state index contributed by atoms with van der Waals surface area (Å²) in [4.78, 5) is 23.9. The van der Waals surface area contributed by atoms with Gasteiger partial charge in [0.2, 0.25) is 5.91 Å². The molecule has 0 aliphatic heterocycles. The number of carboxylic acid groups (broad SMARTS) is 1. The number of nitrogens with two attached hydrogens (primary N) is 1. The van der Waals surface area contributed by atoms with Crippen molar-refractivity contribution in [1.29, 1.82) is 0 Å². The van der Waals surface area contributed by atoms with E-state index in [0.717, 1.165) is 0 Å². The van der Waals surface area contributed by atoms with Crippen LogP contribution in [0.15, 0.2) is 18.2 Å². The Labute approximate surface area is 105 Å². The Morgan fingerprint density at radius 2 is 2.06 bits per heavy atom. The second-order valence-corrected chi connectivity index (χ2v) is 4.08. The van der Waals surface area contributed by atoms with Gasteiger partial charge in [0, 0.05) is 38.4 Å².